The molecule has 1 spiro atoms. The van der Waals surface area contributed by atoms with E-state index in [1.165, 1.54) is 0 Å². The molecule has 2 fully saturated rings. The largest absolute Gasteiger partial charge is 0.299 e. The molecule has 0 amide bonds. The van der Waals surface area contributed by atoms with E-state index in [4.69, 9.17) is 21.6 Å². The molecule has 1 saturated heterocycles. The van der Waals surface area contributed by atoms with Crippen molar-refractivity contribution in [3.63, 3.8) is 0 Å². The summed E-state index contributed by atoms with van der Waals surface area (Å²) in [5.74, 6) is 0.432. The van der Waals surface area contributed by atoms with Gasteiger partial charge in [0.1, 0.15) is 11.3 Å². The number of fused-ring (bicyclic) bond motifs is 6. The van der Waals surface area contributed by atoms with Crippen LogP contribution < -0.4 is 0 Å². The fourth-order valence-electron chi connectivity index (χ4n) is 6.48. The minimum Gasteiger partial charge on any atom is -0.299 e. The van der Waals surface area contributed by atoms with Crippen LogP contribution >= 0.6 is 11.6 Å². The molecule has 5 radical (unpaired) electrons. The van der Waals surface area contributed by atoms with Crippen molar-refractivity contribution in [2.75, 3.05) is 13.6 Å². The Hall–Kier alpha value is -3.08. The highest BCUT2D eigenvalue weighted by atomic mass is 35.5. The topological polar surface area (TPSA) is 46.1 Å². The number of nitrogens with zero attached hydrogens (tertiary/aromatic N) is 3. The van der Waals surface area contributed by atoms with Gasteiger partial charge in [-0.3, -0.25) is 9.69 Å². The van der Waals surface area contributed by atoms with Crippen LogP contribution in [0.15, 0.2) is 72.8 Å². The van der Waals surface area contributed by atoms with Crippen molar-refractivity contribution in [1.82, 2.24) is 14.9 Å². The second-order valence-corrected chi connectivity index (χ2v) is 10.2. The van der Waals surface area contributed by atoms with Crippen molar-refractivity contribution in [1.29, 1.82) is 0 Å². The van der Waals surface area contributed by atoms with E-state index >= 15 is 0 Å². The zero-order chi connectivity index (χ0) is 24.4. The highest BCUT2D eigenvalue weighted by Gasteiger charge is 2.63. The van der Waals surface area contributed by atoms with Crippen molar-refractivity contribution < 1.29 is 4.79 Å². The lowest BCUT2D eigenvalue weighted by Crippen LogP contribution is -2.47. The Balaban J connectivity index is 1.52. The summed E-state index contributed by atoms with van der Waals surface area (Å²) < 4.78 is 0. The summed E-state index contributed by atoms with van der Waals surface area (Å²) in [5.41, 5.74) is 5.95. The first kappa shape index (κ1) is 22.1. The number of likely N-dealkylation sites (tertiary alicyclic amines) is 1. The molecule has 5 heteroatoms. The van der Waals surface area contributed by atoms with Crippen molar-refractivity contribution in [3.8, 4) is 11.3 Å². The average Bonchev–Trinajstić information content (AvgIpc) is 3.61. The molecule has 3 aromatic carbocycles. The fraction of sp³-hybridized carbons (Fsp3) is 0.161. The Labute approximate surface area is 216 Å². The minimum absolute atomic E-state index is 0.0399. The molecule has 36 heavy (non-hydrogen) atoms. The number of halogens is 1. The van der Waals surface area contributed by atoms with Gasteiger partial charge in [-0.05, 0) is 68.1 Å². The smallest absolute Gasteiger partial charge is 0.147 e. The molecule has 0 bridgehead atoms. The molecule has 175 valence electrons. The first-order chi connectivity index (χ1) is 17.6. The Bertz CT molecular complexity index is 1490. The number of ketones is 1. The van der Waals surface area contributed by atoms with Gasteiger partial charge in [-0.15, -0.1) is 0 Å². The van der Waals surface area contributed by atoms with Crippen molar-refractivity contribution in [2.24, 2.45) is 5.92 Å². The molecule has 2 aliphatic carbocycles. The maximum absolute atomic E-state index is 14.4. The van der Waals surface area contributed by atoms with Crippen LogP contribution in [0.25, 0.3) is 22.3 Å². The maximum atomic E-state index is 14.4. The Morgan fingerprint density at radius 1 is 0.917 bits per heavy atom. The van der Waals surface area contributed by atoms with Gasteiger partial charge in [-0.2, -0.15) is 0 Å². The maximum Gasteiger partial charge on any atom is 0.147 e. The molecular weight excluding hydrogens is 466 g/mol. The molecule has 4 nitrogen and oxygen atoms in total. The van der Waals surface area contributed by atoms with Crippen molar-refractivity contribution >= 4 is 28.4 Å². The number of Topliss-reactive ketones (excluding diaryl/α,β-unsaturated/α-hetero) is 1. The number of para-hydroxylation sites is 2. The standard InChI is InChI=1S/C31H23ClN3O/c1-35-18-23(19-14-16-21(32)17-15-19)27(29(36)20-8-2-3-9-20)31(35)24-11-5-4-10-22(24)28-30(31)34-26-13-7-6-12-25(26)33-28/h2-17,23,27H,18H2,1H3/t23-,27+,31+/m1/s1. The van der Waals surface area contributed by atoms with Gasteiger partial charge in [0.15, 0.2) is 0 Å². The van der Waals surface area contributed by atoms with E-state index < -0.39 is 5.54 Å². The molecule has 0 unspecified atom stereocenters. The third-order valence-corrected chi connectivity index (χ3v) is 8.23. The highest BCUT2D eigenvalue weighted by molar-refractivity contribution is 6.30. The second kappa shape index (κ2) is 8.22. The number of carbonyl (C=O) groups is 1. The summed E-state index contributed by atoms with van der Waals surface area (Å²) in [4.78, 5) is 27.1. The second-order valence-electron chi connectivity index (χ2n) is 9.78. The van der Waals surface area contributed by atoms with Gasteiger partial charge >= 0.3 is 0 Å². The monoisotopic (exact) mass is 488 g/mol. The Kier molecular flexibility index (Phi) is 5.06. The predicted octanol–water partition coefficient (Wildman–Crippen LogP) is 5.83. The van der Waals surface area contributed by atoms with E-state index in [0.717, 1.165) is 45.0 Å². The van der Waals surface area contributed by atoms with Crippen molar-refractivity contribution in [3.05, 3.63) is 126 Å². The van der Waals surface area contributed by atoms with Gasteiger partial charge < -0.3 is 0 Å². The van der Waals surface area contributed by atoms with E-state index in [2.05, 4.69) is 42.3 Å². The van der Waals surface area contributed by atoms with Crippen LogP contribution in [0, 0.1) is 37.5 Å². The number of likely N-dealkylation sites (N-methyl/N-ethyl adjacent to an activating group) is 1. The fourth-order valence-corrected chi connectivity index (χ4v) is 6.60. The van der Waals surface area contributed by atoms with Crippen LogP contribution in [0.3, 0.4) is 0 Å². The molecule has 4 aromatic rings. The number of aromatic nitrogens is 2. The summed E-state index contributed by atoms with van der Waals surface area (Å²) >= 11 is 6.24. The molecule has 3 aliphatic rings. The molecule has 7 rings (SSSR count). The number of rotatable bonds is 3. The van der Waals surface area contributed by atoms with Gasteiger partial charge in [0.2, 0.25) is 0 Å². The lowest BCUT2D eigenvalue weighted by molar-refractivity contribution is -0.122. The molecule has 0 N–H and O–H groups in total. The summed E-state index contributed by atoms with van der Waals surface area (Å²) in [6, 6.07) is 24.3. The van der Waals surface area contributed by atoms with Gasteiger partial charge in [0, 0.05) is 29.0 Å². The number of hydrogen-bond donors (Lipinski definition) is 0. The third-order valence-electron chi connectivity index (χ3n) is 7.98. The SMILES string of the molecule is CN1C[C@H](c2ccc(Cl)cc2)[C@@H](C(=O)[C]2[CH][CH][CH][CH]2)[C@]12c1ccccc1-c1nc3ccccc3nc12. The molecule has 1 aliphatic heterocycles. The van der Waals surface area contributed by atoms with E-state index in [-0.39, 0.29) is 17.6 Å². The van der Waals surface area contributed by atoms with E-state index in [9.17, 15) is 4.79 Å². The minimum atomic E-state index is -0.735. The van der Waals surface area contributed by atoms with Gasteiger partial charge in [-0.25, -0.2) is 9.97 Å². The van der Waals surface area contributed by atoms with E-state index in [1.54, 1.807) is 0 Å². The number of benzene rings is 3. The normalized spacial score (nSPS) is 25.5. The van der Waals surface area contributed by atoms with E-state index in [0.29, 0.717) is 11.6 Å². The highest BCUT2D eigenvalue weighted by Crippen LogP contribution is 2.61. The lowest BCUT2D eigenvalue weighted by Gasteiger charge is -2.39. The van der Waals surface area contributed by atoms with Crippen LogP contribution in [-0.2, 0) is 10.3 Å². The van der Waals surface area contributed by atoms with Crippen LogP contribution in [-0.4, -0.2) is 34.2 Å². The zero-order valence-electron chi connectivity index (χ0n) is 19.7. The molecule has 3 atom stereocenters. The zero-order valence-corrected chi connectivity index (χ0v) is 20.5. The molecule has 1 saturated carbocycles. The average molecular weight is 489 g/mol. The van der Waals surface area contributed by atoms with Gasteiger partial charge in [0.05, 0.1) is 28.3 Å². The molecular formula is C31H23ClN3O. The predicted molar refractivity (Wildman–Crippen MR) is 142 cm³/mol. The summed E-state index contributed by atoms with van der Waals surface area (Å²) in [6.45, 7) is 0.709. The Morgan fingerprint density at radius 3 is 2.33 bits per heavy atom. The third kappa shape index (κ3) is 3.01. The van der Waals surface area contributed by atoms with Crippen LogP contribution in [0.4, 0.5) is 0 Å². The van der Waals surface area contributed by atoms with Crippen molar-refractivity contribution in [2.45, 2.75) is 11.5 Å². The first-order valence-electron chi connectivity index (χ1n) is 12.2. The lowest BCUT2D eigenvalue weighted by atomic mass is 9.68. The first-order valence-corrected chi connectivity index (χ1v) is 12.6. The van der Waals surface area contributed by atoms with Gasteiger partial charge in [0.25, 0.3) is 0 Å². The summed E-state index contributed by atoms with van der Waals surface area (Å²) in [6.07, 6.45) is 7.70. The summed E-state index contributed by atoms with van der Waals surface area (Å²) in [7, 11) is 2.12. The quantitative estimate of drug-likeness (QED) is 0.364. The molecule has 2 heterocycles. The van der Waals surface area contributed by atoms with E-state index in [1.807, 2.05) is 68.1 Å². The summed E-state index contributed by atoms with van der Waals surface area (Å²) in [5, 5.41) is 0.688. The van der Waals surface area contributed by atoms with Crippen LogP contribution in [0.1, 0.15) is 22.7 Å². The Morgan fingerprint density at radius 2 is 1.58 bits per heavy atom. The number of hydrogen-bond acceptors (Lipinski definition) is 4. The van der Waals surface area contributed by atoms with Crippen LogP contribution in [0.5, 0.6) is 0 Å². The van der Waals surface area contributed by atoms with Crippen LogP contribution in [0.2, 0.25) is 5.02 Å². The van der Waals surface area contributed by atoms with Gasteiger partial charge in [-0.1, -0.05) is 60.1 Å². The number of carbonyl (C=O) groups excluding carboxylic acids is 1. The molecule has 1 aromatic heterocycles.